The van der Waals surface area contributed by atoms with Crippen molar-refractivity contribution in [3.05, 3.63) is 47.3 Å². The summed E-state index contributed by atoms with van der Waals surface area (Å²) in [7, 11) is 1.81. The van der Waals surface area contributed by atoms with Crippen molar-refractivity contribution in [2.75, 3.05) is 23.3 Å². The van der Waals surface area contributed by atoms with Crippen LogP contribution in [0.15, 0.2) is 30.5 Å². The van der Waals surface area contributed by atoms with E-state index in [0.29, 0.717) is 18.1 Å². The van der Waals surface area contributed by atoms with E-state index in [1.165, 1.54) is 5.69 Å². The number of carbonyl (C=O) groups is 1. The first-order chi connectivity index (χ1) is 14.0. The van der Waals surface area contributed by atoms with Crippen molar-refractivity contribution in [3.63, 3.8) is 0 Å². The number of nitrogens with one attached hydrogen (secondary N) is 1. The molecule has 1 aliphatic rings. The predicted molar refractivity (Wildman–Crippen MR) is 113 cm³/mol. The topological polar surface area (TPSA) is 102 Å². The summed E-state index contributed by atoms with van der Waals surface area (Å²) < 4.78 is 1.68. The van der Waals surface area contributed by atoms with Gasteiger partial charge in [-0.05, 0) is 56.5 Å². The lowest BCUT2D eigenvalue weighted by atomic mass is 9.93. The fourth-order valence-corrected chi connectivity index (χ4v) is 3.89. The van der Waals surface area contributed by atoms with Crippen molar-refractivity contribution in [1.29, 1.82) is 0 Å². The van der Waals surface area contributed by atoms with Gasteiger partial charge >= 0.3 is 0 Å². The standard InChI is InChI=1S/C21H25N7O/c1-4-28(5-2)15-9-7-14(8-10-15)24-21-23-12-13-6-11-16-18(20(22)29)26-27(3)19(16)17(13)25-21/h7-10,12H,4-6,11H2,1-3H3,(H2,22,29)(H,23,24,25). The van der Waals surface area contributed by atoms with E-state index >= 15 is 0 Å². The summed E-state index contributed by atoms with van der Waals surface area (Å²) in [4.78, 5) is 23.2. The van der Waals surface area contributed by atoms with Crippen molar-refractivity contribution < 1.29 is 4.79 Å². The second kappa shape index (κ2) is 7.54. The van der Waals surface area contributed by atoms with Crippen LogP contribution in [0.2, 0.25) is 0 Å². The van der Waals surface area contributed by atoms with Gasteiger partial charge in [-0.15, -0.1) is 0 Å². The first-order valence-electron chi connectivity index (χ1n) is 9.85. The Kier molecular flexibility index (Phi) is 4.92. The van der Waals surface area contributed by atoms with Crippen LogP contribution < -0.4 is 16.0 Å². The number of rotatable bonds is 6. The molecule has 150 valence electrons. The molecule has 1 aliphatic carbocycles. The van der Waals surface area contributed by atoms with Gasteiger partial charge in [-0.2, -0.15) is 5.10 Å². The lowest BCUT2D eigenvalue weighted by Gasteiger charge is -2.21. The molecule has 0 saturated carbocycles. The maximum absolute atomic E-state index is 11.7. The van der Waals surface area contributed by atoms with Crippen LogP contribution in [0.1, 0.15) is 35.5 Å². The molecule has 0 atom stereocenters. The number of carbonyl (C=O) groups excluding carboxylic acids is 1. The molecule has 1 amide bonds. The average Bonchev–Trinajstić information content (AvgIpc) is 3.07. The van der Waals surface area contributed by atoms with E-state index < -0.39 is 5.91 Å². The number of hydrogen-bond donors (Lipinski definition) is 2. The summed E-state index contributed by atoms with van der Waals surface area (Å²) in [6.07, 6.45) is 3.30. The molecule has 0 saturated heterocycles. The molecule has 0 aliphatic heterocycles. The van der Waals surface area contributed by atoms with Crippen LogP contribution in [0.3, 0.4) is 0 Å². The summed E-state index contributed by atoms with van der Waals surface area (Å²) in [6.45, 7) is 6.23. The summed E-state index contributed by atoms with van der Waals surface area (Å²) in [5.74, 6) is 0.0000101. The molecule has 0 radical (unpaired) electrons. The minimum absolute atomic E-state index is 0.327. The van der Waals surface area contributed by atoms with Crippen LogP contribution in [0.5, 0.6) is 0 Å². The molecule has 3 N–H and O–H groups in total. The van der Waals surface area contributed by atoms with Crippen molar-refractivity contribution >= 4 is 23.2 Å². The van der Waals surface area contributed by atoms with Crippen LogP contribution >= 0.6 is 0 Å². The minimum atomic E-state index is -0.508. The van der Waals surface area contributed by atoms with Crippen molar-refractivity contribution in [2.24, 2.45) is 12.8 Å². The van der Waals surface area contributed by atoms with Crippen molar-refractivity contribution in [3.8, 4) is 11.4 Å². The first kappa shape index (κ1) is 18.9. The van der Waals surface area contributed by atoms with Gasteiger partial charge < -0.3 is 16.0 Å². The molecule has 4 rings (SSSR count). The van der Waals surface area contributed by atoms with Gasteiger partial charge in [0.1, 0.15) is 0 Å². The highest BCUT2D eigenvalue weighted by Gasteiger charge is 2.27. The zero-order valence-electron chi connectivity index (χ0n) is 16.9. The quantitative estimate of drug-likeness (QED) is 0.670. The Morgan fingerprint density at radius 1 is 1.21 bits per heavy atom. The molecule has 2 heterocycles. The Labute approximate surface area is 169 Å². The van der Waals surface area contributed by atoms with E-state index in [9.17, 15) is 4.79 Å². The molecule has 29 heavy (non-hydrogen) atoms. The normalized spacial score (nSPS) is 12.2. The van der Waals surface area contributed by atoms with Crippen LogP contribution in [-0.2, 0) is 19.9 Å². The van der Waals surface area contributed by atoms with Gasteiger partial charge in [-0.1, -0.05) is 0 Å². The maximum Gasteiger partial charge on any atom is 0.269 e. The number of anilines is 3. The number of fused-ring (bicyclic) bond motifs is 3. The summed E-state index contributed by atoms with van der Waals surface area (Å²) in [5, 5.41) is 7.58. The third kappa shape index (κ3) is 3.41. The Hall–Kier alpha value is -3.42. The highest BCUT2D eigenvalue weighted by Crippen LogP contribution is 2.34. The van der Waals surface area contributed by atoms with Crippen LogP contribution in [0.25, 0.3) is 11.4 Å². The van der Waals surface area contributed by atoms with Crippen LogP contribution in [0, 0.1) is 0 Å². The number of amides is 1. The SMILES string of the molecule is CCN(CC)c1ccc(Nc2ncc3c(n2)-c2c(c(C(N)=O)nn2C)CC3)cc1. The monoisotopic (exact) mass is 391 g/mol. The second-order valence-corrected chi connectivity index (χ2v) is 7.08. The Morgan fingerprint density at radius 2 is 1.93 bits per heavy atom. The molecular formula is C21H25N7O. The average molecular weight is 391 g/mol. The lowest BCUT2D eigenvalue weighted by molar-refractivity contribution is 0.0994. The van der Waals surface area contributed by atoms with E-state index in [4.69, 9.17) is 10.7 Å². The van der Waals surface area contributed by atoms with Gasteiger partial charge in [0.25, 0.3) is 5.91 Å². The van der Waals surface area contributed by atoms with Crippen molar-refractivity contribution in [2.45, 2.75) is 26.7 Å². The fourth-order valence-electron chi connectivity index (χ4n) is 3.89. The summed E-state index contributed by atoms with van der Waals surface area (Å²) in [5.41, 5.74) is 11.5. The largest absolute Gasteiger partial charge is 0.372 e. The van der Waals surface area contributed by atoms with E-state index in [1.54, 1.807) is 4.68 Å². The predicted octanol–water partition coefficient (Wildman–Crippen LogP) is 2.66. The van der Waals surface area contributed by atoms with Gasteiger partial charge in [0.2, 0.25) is 5.95 Å². The van der Waals surface area contributed by atoms with E-state index in [2.05, 4.69) is 46.3 Å². The van der Waals surface area contributed by atoms with E-state index in [0.717, 1.165) is 47.7 Å². The summed E-state index contributed by atoms with van der Waals surface area (Å²) in [6, 6.07) is 8.23. The van der Waals surface area contributed by atoms with E-state index in [1.807, 2.05) is 25.4 Å². The fraction of sp³-hybridized carbons (Fsp3) is 0.333. The van der Waals surface area contributed by atoms with Crippen molar-refractivity contribution in [1.82, 2.24) is 19.7 Å². The number of nitrogens with zero attached hydrogens (tertiary/aromatic N) is 5. The number of hydrogen-bond acceptors (Lipinski definition) is 6. The Balaban J connectivity index is 1.64. The minimum Gasteiger partial charge on any atom is -0.372 e. The number of aryl methyl sites for hydroxylation is 2. The number of aromatic nitrogens is 4. The van der Waals surface area contributed by atoms with E-state index in [-0.39, 0.29) is 0 Å². The third-order valence-corrected chi connectivity index (χ3v) is 5.36. The first-order valence-corrected chi connectivity index (χ1v) is 9.85. The Morgan fingerprint density at radius 3 is 2.59 bits per heavy atom. The Bertz CT molecular complexity index is 1050. The van der Waals surface area contributed by atoms with Gasteiger partial charge in [-0.25, -0.2) is 9.97 Å². The second-order valence-electron chi connectivity index (χ2n) is 7.08. The van der Waals surface area contributed by atoms with Gasteiger partial charge in [0.05, 0.1) is 11.4 Å². The zero-order valence-corrected chi connectivity index (χ0v) is 16.9. The molecule has 3 aromatic rings. The molecule has 0 spiro atoms. The zero-order chi connectivity index (χ0) is 20.5. The third-order valence-electron chi connectivity index (χ3n) is 5.36. The number of benzene rings is 1. The number of nitrogens with two attached hydrogens (primary N) is 1. The molecule has 0 unspecified atom stereocenters. The highest BCUT2D eigenvalue weighted by atomic mass is 16.1. The van der Waals surface area contributed by atoms with Crippen LogP contribution in [-0.4, -0.2) is 38.7 Å². The highest BCUT2D eigenvalue weighted by molar-refractivity contribution is 5.94. The van der Waals surface area contributed by atoms with Gasteiger partial charge in [-0.3, -0.25) is 9.48 Å². The molecular weight excluding hydrogens is 366 g/mol. The van der Waals surface area contributed by atoms with Gasteiger partial charge in [0, 0.05) is 43.3 Å². The molecule has 0 bridgehead atoms. The lowest BCUT2D eigenvalue weighted by Crippen LogP contribution is -2.21. The molecule has 8 heteroatoms. The molecule has 1 aromatic carbocycles. The summed E-state index contributed by atoms with van der Waals surface area (Å²) >= 11 is 0. The van der Waals surface area contributed by atoms with Gasteiger partial charge in [0.15, 0.2) is 5.69 Å². The smallest absolute Gasteiger partial charge is 0.269 e. The molecule has 0 fully saturated rings. The maximum atomic E-state index is 11.7. The molecule has 2 aromatic heterocycles. The number of primary amides is 1. The molecule has 8 nitrogen and oxygen atoms in total. The van der Waals surface area contributed by atoms with Crippen LogP contribution in [0.4, 0.5) is 17.3 Å².